The van der Waals surface area contributed by atoms with E-state index in [1.54, 1.807) is 0 Å². The van der Waals surface area contributed by atoms with Gasteiger partial charge in [0.25, 0.3) is 0 Å². The van der Waals surface area contributed by atoms with Gasteiger partial charge >= 0.3 is 0 Å². The number of nitrogens with zero attached hydrogens (tertiary/aromatic N) is 1. The van der Waals surface area contributed by atoms with Crippen molar-refractivity contribution in [2.24, 2.45) is 11.8 Å². The van der Waals surface area contributed by atoms with Crippen LogP contribution in [0.3, 0.4) is 0 Å². The van der Waals surface area contributed by atoms with Gasteiger partial charge in [0.05, 0.1) is 5.60 Å². The zero-order chi connectivity index (χ0) is 12.8. The summed E-state index contributed by atoms with van der Waals surface area (Å²) in [6, 6.07) is 8.28. The van der Waals surface area contributed by atoms with Gasteiger partial charge in [0, 0.05) is 13.9 Å². The normalized spacial score (nSPS) is 34.3. The van der Waals surface area contributed by atoms with E-state index in [2.05, 4.69) is 24.0 Å². The van der Waals surface area contributed by atoms with Crippen LogP contribution < -0.4 is 0 Å². The van der Waals surface area contributed by atoms with E-state index in [1.807, 2.05) is 19.1 Å². The highest BCUT2D eigenvalue weighted by Gasteiger charge is 2.45. The first-order valence-corrected chi connectivity index (χ1v) is 7.10. The van der Waals surface area contributed by atoms with Gasteiger partial charge in [-0.2, -0.15) is 0 Å². The smallest absolute Gasteiger partial charge is 0.0913 e. The highest BCUT2D eigenvalue weighted by molar-refractivity contribution is 5.32. The van der Waals surface area contributed by atoms with Gasteiger partial charge < -0.3 is 10.0 Å². The molecule has 2 unspecified atom stereocenters. The maximum absolute atomic E-state index is 11.1. The SMILES string of the molecule is Cc1ccccc1C(C)(O)C1CN2CCC1CC2.[HH]. The number of aliphatic hydroxyl groups is 1. The number of benzene rings is 1. The Morgan fingerprint density at radius 2 is 1.94 bits per heavy atom. The van der Waals surface area contributed by atoms with Gasteiger partial charge in [-0.3, -0.25) is 0 Å². The topological polar surface area (TPSA) is 23.5 Å². The fourth-order valence-electron chi connectivity index (χ4n) is 3.94. The van der Waals surface area contributed by atoms with E-state index < -0.39 is 5.60 Å². The summed E-state index contributed by atoms with van der Waals surface area (Å²) in [6.07, 6.45) is 2.51. The molecule has 0 spiro atoms. The average Bonchev–Trinajstić information content (AvgIpc) is 2.40. The maximum Gasteiger partial charge on any atom is 0.0913 e. The molecule has 100 valence electrons. The second-order valence-corrected chi connectivity index (χ2v) is 6.21. The molecular weight excluding hydrogens is 222 g/mol. The molecule has 1 N–H and O–H groups in total. The van der Waals surface area contributed by atoms with Crippen LogP contribution >= 0.6 is 0 Å². The van der Waals surface area contributed by atoms with Crippen molar-refractivity contribution in [1.29, 1.82) is 0 Å². The summed E-state index contributed by atoms with van der Waals surface area (Å²) in [5, 5.41) is 11.1. The van der Waals surface area contributed by atoms with Gasteiger partial charge in [-0.1, -0.05) is 24.3 Å². The Morgan fingerprint density at radius 3 is 2.50 bits per heavy atom. The molecule has 3 fully saturated rings. The largest absolute Gasteiger partial charge is 0.385 e. The molecule has 2 bridgehead atoms. The van der Waals surface area contributed by atoms with Gasteiger partial charge in [0.2, 0.25) is 0 Å². The third-order valence-corrected chi connectivity index (χ3v) is 5.07. The first-order valence-electron chi connectivity index (χ1n) is 7.10. The standard InChI is InChI=1S/C16H23NO.H2/c1-12-5-3-4-6-14(12)16(2,18)15-11-17-9-7-13(15)8-10-17;/h3-6,13,15,18H,7-11H2,1-2H3;1H. The summed E-state index contributed by atoms with van der Waals surface area (Å²) in [6.45, 7) is 7.63. The van der Waals surface area contributed by atoms with E-state index in [-0.39, 0.29) is 1.43 Å². The van der Waals surface area contributed by atoms with Crippen molar-refractivity contribution >= 4 is 0 Å². The predicted octanol–water partition coefficient (Wildman–Crippen LogP) is 2.79. The van der Waals surface area contributed by atoms with Crippen molar-refractivity contribution in [3.63, 3.8) is 0 Å². The summed E-state index contributed by atoms with van der Waals surface area (Å²) in [5.41, 5.74) is 1.64. The third kappa shape index (κ3) is 1.88. The molecule has 3 heterocycles. The fourth-order valence-corrected chi connectivity index (χ4v) is 3.94. The van der Waals surface area contributed by atoms with E-state index in [0.717, 1.165) is 12.1 Å². The number of piperidine rings is 3. The Balaban J connectivity index is 0.00000133. The van der Waals surface area contributed by atoms with E-state index in [4.69, 9.17) is 0 Å². The number of hydrogen-bond donors (Lipinski definition) is 1. The Kier molecular flexibility index (Phi) is 2.95. The second kappa shape index (κ2) is 4.36. The molecule has 0 aliphatic carbocycles. The van der Waals surface area contributed by atoms with Crippen LogP contribution in [0.2, 0.25) is 0 Å². The molecule has 0 radical (unpaired) electrons. The van der Waals surface area contributed by atoms with Crippen LogP contribution in [0.4, 0.5) is 0 Å². The second-order valence-electron chi connectivity index (χ2n) is 6.21. The fraction of sp³-hybridized carbons (Fsp3) is 0.625. The van der Waals surface area contributed by atoms with Gasteiger partial charge in [-0.05, 0) is 56.8 Å². The van der Waals surface area contributed by atoms with Crippen LogP contribution in [0.15, 0.2) is 24.3 Å². The molecule has 2 nitrogen and oxygen atoms in total. The van der Waals surface area contributed by atoms with Crippen molar-refractivity contribution in [2.45, 2.75) is 32.3 Å². The lowest BCUT2D eigenvalue weighted by Crippen LogP contribution is -2.54. The van der Waals surface area contributed by atoms with Crippen LogP contribution in [-0.2, 0) is 5.60 Å². The third-order valence-electron chi connectivity index (χ3n) is 5.07. The van der Waals surface area contributed by atoms with Crippen LogP contribution in [0.5, 0.6) is 0 Å². The van der Waals surface area contributed by atoms with Crippen LogP contribution in [0, 0.1) is 18.8 Å². The highest BCUT2D eigenvalue weighted by atomic mass is 16.3. The number of hydrogen-bond acceptors (Lipinski definition) is 2. The van der Waals surface area contributed by atoms with E-state index in [0.29, 0.717) is 11.8 Å². The molecule has 3 aliphatic heterocycles. The summed E-state index contributed by atoms with van der Waals surface area (Å²) in [7, 11) is 0. The molecule has 0 amide bonds. The zero-order valence-corrected chi connectivity index (χ0v) is 11.4. The minimum Gasteiger partial charge on any atom is -0.385 e. The maximum atomic E-state index is 11.1. The Labute approximate surface area is 111 Å². The summed E-state index contributed by atoms with van der Waals surface area (Å²) in [5.74, 6) is 1.09. The van der Waals surface area contributed by atoms with Crippen molar-refractivity contribution in [2.75, 3.05) is 19.6 Å². The van der Waals surface area contributed by atoms with Crippen LogP contribution in [0.1, 0.15) is 32.3 Å². The molecule has 0 saturated carbocycles. The molecule has 1 aromatic carbocycles. The molecule has 2 heteroatoms. The molecule has 0 aromatic heterocycles. The van der Waals surface area contributed by atoms with Crippen LogP contribution in [-0.4, -0.2) is 29.6 Å². The lowest BCUT2D eigenvalue weighted by molar-refractivity contribution is -0.0904. The summed E-state index contributed by atoms with van der Waals surface area (Å²) in [4.78, 5) is 2.51. The molecule has 3 saturated heterocycles. The first kappa shape index (κ1) is 12.2. The van der Waals surface area contributed by atoms with Gasteiger partial charge in [0.15, 0.2) is 0 Å². The van der Waals surface area contributed by atoms with Crippen molar-refractivity contribution in [3.8, 4) is 0 Å². The van der Waals surface area contributed by atoms with Gasteiger partial charge in [-0.25, -0.2) is 0 Å². The van der Waals surface area contributed by atoms with Crippen molar-refractivity contribution < 1.29 is 6.53 Å². The van der Waals surface area contributed by atoms with E-state index >= 15 is 0 Å². The summed E-state index contributed by atoms with van der Waals surface area (Å²) >= 11 is 0. The Hall–Kier alpha value is -0.860. The minimum atomic E-state index is -0.685. The van der Waals surface area contributed by atoms with Gasteiger partial charge in [-0.15, -0.1) is 0 Å². The molecule has 3 aliphatic rings. The molecule has 2 atom stereocenters. The predicted molar refractivity (Wildman–Crippen MR) is 75.5 cm³/mol. The quantitative estimate of drug-likeness (QED) is 0.868. The Bertz CT molecular complexity index is 438. The monoisotopic (exact) mass is 247 g/mol. The molecule has 18 heavy (non-hydrogen) atoms. The van der Waals surface area contributed by atoms with Crippen molar-refractivity contribution in [3.05, 3.63) is 35.4 Å². The zero-order valence-electron chi connectivity index (χ0n) is 11.4. The van der Waals surface area contributed by atoms with Crippen molar-refractivity contribution in [1.82, 2.24) is 4.90 Å². The molecule has 4 rings (SSSR count). The molecular formula is C16H25NO. The minimum absolute atomic E-state index is 0. The number of rotatable bonds is 2. The van der Waals surface area contributed by atoms with E-state index in [9.17, 15) is 5.11 Å². The number of aryl methyl sites for hydroxylation is 1. The lowest BCUT2D eigenvalue weighted by atomic mass is 9.68. The first-order chi connectivity index (χ1) is 8.59. The van der Waals surface area contributed by atoms with Gasteiger partial charge in [0.1, 0.15) is 0 Å². The highest BCUT2D eigenvalue weighted by Crippen LogP contribution is 2.43. The number of fused-ring (bicyclic) bond motifs is 3. The lowest BCUT2D eigenvalue weighted by Gasteiger charge is -2.50. The average molecular weight is 247 g/mol. The van der Waals surface area contributed by atoms with Crippen LogP contribution in [0.25, 0.3) is 0 Å². The molecule has 1 aromatic rings. The van der Waals surface area contributed by atoms with E-state index in [1.165, 1.54) is 31.5 Å². The Morgan fingerprint density at radius 1 is 1.28 bits per heavy atom. The summed E-state index contributed by atoms with van der Waals surface area (Å²) < 4.78 is 0.